The van der Waals surface area contributed by atoms with Gasteiger partial charge in [-0.3, -0.25) is 9.78 Å². The second kappa shape index (κ2) is 10.3. The molecule has 0 spiro atoms. The highest BCUT2D eigenvalue weighted by molar-refractivity contribution is 5.96. The Labute approximate surface area is 203 Å². The minimum absolute atomic E-state index is 0.00179. The highest BCUT2D eigenvalue weighted by Crippen LogP contribution is 2.40. The van der Waals surface area contributed by atoms with E-state index in [0.29, 0.717) is 17.4 Å². The molecule has 35 heavy (non-hydrogen) atoms. The second-order valence-corrected chi connectivity index (χ2v) is 9.97. The fourth-order valence-electron chi connectivity index (χ4n) is 5.15. The van der Waals surface area contributed by atoms with Gasteiger partial charge in [0.05, 0.1) is 5.56 Å². The van der Waals surface area contributed by atoms with Crippen molar-refractivity contribution < 1.29 is 18.0 Å². The van der Waals surface area contributed by atoms with E-state index in [2.05, 4.69) is 23.8 Å². The van der Waals surface area contributed by atoms with Crippen LogP contribution in [0.2, 0.25) is 0 Å². The summed E-state index contributed by atoms with van der Waals surface area (Å²) in [6.07, 6.45) is 6.19. The predicted molar refractivity (Wildman–Crippen MR) is 129 cm³/mol. The van der Waals surface area contributed by atoms with Crippen LogP contribution < -0.4 is 5.73 Å². The Kier molecular flexibility index (Phi) is 7.36. The van der Waals surface area contributed by atoms with Crippen molar-refractivity contribution in [1.82, 2.24) is 9.97 Å². The number of hydrogen-bond acceptors (Lipinski definition) is 4. The number of aromatic nitrogens is 2. The zero-order valence-corrected chi connectivity index (χ0v) is 20.2. The van der Waals surface area contributed by atoms with Gasteiger partial charge in [0, 0.05) is 24.9 Å². The molecule has 3 aromatic rings. The Balaban J connectivity index is 1.63. The molecule has 1 aromatic carbocycles. The fraction of sp³-hybridized carbons (Fsp3) is 0.393. The summed E-state index contributed by atoms with van der Waals surface area (Å²) in [6.45, 7) is 5.94. The number of carbonyl (C=O) groups excluding carboxylic acids is 1. The second-order valence-electron chi connectivity index (χ2n) is 9.97. The first-order chi connectivity index (χ1) is 16.6. The van der Waals surface area contributed by atoms with Crippen LogP contribution in [0, 0.1) is 36.2 Å². The normalized spacial score (nSPS) is 20.3. The molecule has 1 aliphatic carbocycles. The number of nitrogens with zero attached hydrogens (tertiary/aromatic N) is 2. The number of benzene rings is 1. The van der Waals surface area contributed by atoms with E-state index >= 15 is 0 Å². The first-order valence-electron chi connectivity index (χ1n) is 12.0. The topological polar surface area (TPSA) is 68.9 Å². The number of halogens is 3. The molecule has 0 radical (unpaired) electrons. The molecule has 7 heteroatoms. The van der Waals surface area contributed by atoms with Gasteiger partial charge in [-0.25, -0.2) is 18.2 Å². The lowest BCUT2D eigenvalue weighted by Crippen LogP contribution is -2.34. The number of hydrogen-bond donors (Lipinski definition) is 1. The zero-order valence-electron chi connectivity index (χ0n) is 20.2. The largest absolute Gasteiger partial charge is 0.328 e. The smallest absolute Gasteiger partial charge is 0.185 e. The van der Waals surface area contributed by atoms with Gasteiger partial charge in [0.15, 0.2) is 5.78 Å². The lowest BCUT2D eigenvalue weighted by molar-refractivity contribution is 0.0987. The summed E-state index contributed by atoms with van der Waals surface area (Å²) in [5.74, 6) is -1.91. The molecular weight excluding hydrogens is 451 g/mol. The van der Waals surface area contributed by atoms with E-state index in [9.17, 15) is 18.0 Å². The number of pyridine rings is 2. The van der Waals surface area contributed by atoms with Crippen LogP contribution in [0.4, 0.5) is 13.2 Å². The molecule has 0 bridgehead atoms. The predicted octanol–water partition coefficient (Wildman–Crippen LogP) is 6.16. The molecule has 0 unspecified atom stereocenters. The van der Waals surface area contributed by atoms with Crippen LogP contribution in [-0.2, 0) is 6.42 Å². The SMILES string of the molecule is Cc1cc(F)c(-c2nc(C(=O)Cc3cnccc3[C@H]3C[C@@H](N)C[C@@H](C(C)C)C3)ccc2F)c(F)c1. The van der Waals surface area contributed by atoms with Gasteiger partial charge >= 0.3 is 0 Å². The molecule has 3 atom stereocenters. The van der Waals surface area contributed by atoms with Gasteiger partial charge in [0.1, 0.15) is 28.8 Å². The minimum Gasteiger partial charge on any atom is -0.328 e. The van der Waals surface area contributed by atoms with Crippen LogP contribution in [0.25, 0.3) is 11.3 Å². The summed E-state index contributed by atoms with van der Waals surface area (Å²) in [6, 6.07) is 6.50. The quantitative estimate of drug-likeness (QED) is 0.428. The summed E-state index contributed by atoms with van der Waals surface area (Å²) in [5.41, 5.74) is 7.36. The van der Waals surface area contributed by atoms with Gasteiger partial charge in [-0.15, -0.1) is 0 Å². The standard InChI is InChI=1S/C28H30F3N3O/c1-15(2)17-10-18(12-20(32)11-17)21-6-7-33-14-19(21)13-26(35)25-5-4-22(29)28(34-25)27-23(30)8-16(3)9-24(27)31/h4-9,14-15,17-18,20H,10-13,32H2,1-3H3/t17-,18+,20-/m0/s1. The Morgan fingerprint density at radius 1 is 1.06 bits per heavy atom. The van der Waals surface area contributed by atoms with E-state index in [1.54, 1.807) is 12.4 Å². The highest BCUT2D eigenvalue weighted by Gasteiger charge is 2.31. The third-order valence-electron chi connectivity index (χ3n) is 7.01. The first-order valence-corrected chi connectivity index (χ1v) is 12.0. The maximum absolute atomic E-state index is 14.5. The Morgan fingerprint density at radius 2 is 1.77 bits per heavy atom. The van der Waals surface area contributed by atoms with E-state index in [4.69, 9.17) is 5.73 Å². The third kappa shape index (κ3) is 5.45. The Hall–Kier alpha value is -3.06. The average Bonchev–Trinajstić information content (AvgIpc) is 2.79. The van der Waals surface area contributed by atoms with Crippen LogP contribution in [0.15, 0.2) is 42.7 Å². The monoisotopic (exact) mass is 481 g/mol. The summed E-state index contributed by atoms with van der Waals surface area (Å²) in [5, 5.41) is 0. The van der Waals surface area contributed by atoms with Crippen LogP contribution in [-0.4, -0.2) is 21.8 Å². The number of ketones is 1. The zero-order chi connectivity index (χ0) is 25.3. The maximum atomic E-state index is 14.5. The lowest BCUT2D eigenvalue weighted by Gasteiger charge is -2.36. The molecule has 184 valence electrons. The van der Waals surface area contributed by atoms with Crippen molar-refractivity contribution in [2.45, 2.75) is 58.4 Å². The van der Waals surface area contributed by atoms with E-state index in [0.717, 1.165) is 48.6 Å². The lowest BCUT2D eigenvalue weighted by atomic mass is 9.71. The van der Waals surface area contributed by atoms with Crippen molar-refractivity contribution in [2.75, 3.05) is 0 Å². The number of rotatable bonds is 6. The molecule has 2 heterocycles. The van der Waals surface area contributed by atoms with E-state index < -0.39 is 28.7 Å². The van der Waals surface area contributed by atoms with Crippen molar-refractivity contribution in [2.24, 2.45) is 17.6 Å². The summed E-state index contributed by atoms with van der Waals surface area (Å²) < 4.78 is 43.5. The van der Waals surface area contributed by atoms with Crippen LogP contribution in [0.3, 0.4) is 0 Å². The van der Waals surface area contributed by atoms with E-state index in [1.807, 2.05) is 6.07 Å². The Morgan fingerprint density at radius 3 is 2.46 bits per heavy atom. The maximum Gasteiger partial charge on any atom is 0.185 e. The first kappa shape index (κ1) is 25.0. The van der Waals surface area contributed by atoms with Gasteiger partial charge in [-0.1, -0.05) is 13.8 Å². The molecule has 0 aliphatic heterocycles. The van der Waals surface area contributed by atoms with Crippen LogP contribution in [0.5, 0.6) is 0 Å². The molecule has 1 aliphatic rings. The fourth-order valence-corrected chi connectivity index (χ4v) is 5.15. The highest BCUT2D eigenvalue weighted by atomic mass is 19.1. The van der Waals surface area contributed by atoms with Gasteiger partial charge in [0.2, 0.25) is 0 Å². The van der Waals surface area contributed by atoms with E-state index in [1.165, 1.54) is 13.0 Å². The summed E-state index contributed by atoms with van der Waals surface area (Å²) in [7, 11) is 0. The number of aryl methyl sites for hydroxylation is 1. The molecule has 2 aromatic heterocycles. The van der Waals surface area contributed by atoms with Crippen molar-refractivity contribution in [3.05, 3.63) is 82.6 Å². The molecule has 1 saturated carbocycles. The van der Waals surface area contributed by atoms with Crippen LogP contribution in [0.1, 0.15) is 66.2 Å². The van der Waals surface area contributed by atoms with Crippen LogP contribution >= 0.6 is 0 Å². The van der Waals surface area contributed by atoms with E-state index in [-0.39, 0.29) is 29.9 Å². The van der Waals surface area contributed by atoms with Crippen molar-refractivity contribution in [3.8, 4) is 11.3 Å². The van der Waals surface area contributed by atoms with Gasteiger partial charge in [0.25, 0.3) is 0 Å². The van der Waals surface area contributed by atoms with Crippen molar-refractivity contribution >= 4 is 5.78 Å². The molecule has 4 nitrogen and oxygen atoms in total. The third-order valence-corrected chi connectivity index (χ3v) is 7.01. The van der Waals surface area contributed by atoms with Gasteiger partial charge < -0.3 is 5.73 Å². The molecule has 1 fully saturated rings. The average molecular weight is 482 g/mol. The molecule has 4 rings (SSSR count). The van der Waals surface area contributed by atoms with Gasteiger partial charge in [-0.2, -0.15) is 0 Å². The summed E-state index contributed by atoms with van der Waals surface area (Å²) in [4.78, 5) is 21.4. The Bertz CT molecular complexity index is 1220. The van der Waals surface area contributed by atoms with Crippen molar-refractivity contribution in [1.29, 1.82) is 0 Å². The summed E-state index contributed by atoms with van der Waals surface area (Å²) >= 11 is 0. The number of carbonyl (C=O) groups is 1. The molecule has 0 amide bonds. The number of nitrogens with two attached hydrogens (primary N) is 1. The van der Waals surface area contributed by atoms with Crippen molar-refractivity contribution in [3.63, 3.8) is 0 Å². The molecular formula is C28H30F3N3O. The minimum atomic E-state index is -0.929. The molecule has 0 saturated heterocycles. The molecule has 2 N–H and O–H groups in total. The van der Waals surface area contributed by atoms with Gasteiger partial charge in [-0.05, 0) is 91.0 Å². The number of Topliss-reactive ketones (excluding diaryl/α,β-unsaturated/α-hetero) is 1.